The van der Waals surface area contributed by atoms with Crippen LogP contribution in [0.5, 0.6) is 0 Å². The molecular formula is C25H27ClN6O3. The molecule has 3 N–H and O–H groups in total. The summed E-state index contributed by atoms with van der Waals surface area (Å²) in [6, 6.07) is 9.74. The number of anilines is 3. The molecule has 35 heavy (non-hydrogen) atoms. The summed E-state index contributed by atoms with van der Waals surface area (Å²) in [5.41, 5.74) is 2.48. The van der Waals surface area contributed by atoms with Crippen LogP contribution in [0.4, 0.5) is 22.2 Å². The van der Waals surface area contributed by atoms with Gasteiger partial charge < -0.3 is 19.7 Å². The Bertz CT molecular complexity index is 1470. The van der Waals surface area contributed by atoms with Crippen LogP contribution in [-0.4, -0.2) is 27.8 Å². The number of nitrogens with zero attached hydrogens (tertiary/aromatic N) is 3. The van der Waals surface area contributed by atoms with Crippen molar-refractivity contribution in [2.75, 3.05) is 23.0 Å². The zero-order valence-corrected chi connectivity index (χ0v) is 20.9. The van der Waals surface area contributed by atoms with E-state index in [0.717, 1.165) is 16.6 Å². The van der Waals surface area contributed by atoms with Gasteiger partial charge in [0.1, 0.15) is 5.82 Å². The molecule has 0 atom stereocenters. The summed E-state index contributed by atoms with van der Waals surface area (Å²) >= 11 is 6.48. The van der Waals surface area contributed by atoms with Gasteiger partial charge in [-0.25, -0.2) is 9.78 Å². The lowest BCUT2D eigenvalue weighted by molar-refractivity contribution is 0.261. The molecule has 0 aliphatic rings. The van der Waals surface area contributed by atoms with E-state index in [1.54, 1.807) is 48.1 Å². The van der Waals surface area contributed by atoms with Gasteiger partial charge in [0.05, 0.1) is 11.2 Å². The molecule has 0 radical (unpaired) electrons. The number of carbonyl (C=O) groups excluding carboxylic acids is 1. The molecule has 9 nitrogen and oxygen atoms in total. The van der Waals surface area contributed by atoms with E-state index >= 15 is 0 Å². The number of carbonyl (C=O) groups is 1. The zero-order chi connectivity index (χ0) is 25.3. The van der Waals surface area contributed by atoms with Crippen molar-refractivity contribution in [2.24, 2.45) is 0 Å². The van der Waals surface area contributed by atoms with E-state index in [4.69, 9.17) is 16.1 Å². The van der Waals surface area contributed by atoms with Gasteiger partial charge in [-0.3, -0.25) is 10.1 Å². The van der Waals surface area contributed by atoms with E-state index < -0.39 is 6.03 Å². The van der Waals surface area contributed by atoms with Crippen LogP contribution in [0, 0.1) is 0 Å². The van der Waals surface area contributed by atoms with Gasteiger partial charge in [-0.1, -0.05) is 37.5 Å². The number of aryl methyl sites for hydroxylation is 1. The molecule has 0 bridgehead atoms. The van der Waals surface area contributed by atoms with Gasteiger partial charge in [-0.15, -0.1) is 0 Å². The monoisotopic (exact) mass is 494 g/mol. The quantitative estimate of drug-likeness (QED) is 0.327. The molecule has 3 aromatic heterocycles. The summed E-state index contributed by atoms with van der Waals surface area (Å²) in [5.74, 6) is 0.902. The fraction of sp³-hybridized carbons (Fsp3) is 0.280. The van der Waals surface area contributed by atoms with Crippen molar-refractivity contribution >= 4 is 45.9 Å². The highest BCUT2D eigenvalue weighted by atomic mass is 35.5. The van der Waals surface area contributed by atoms with Gasteiger partial charge in [-0.2, -0.15) is 0 Å². The minimum absolute atomic E-state index is 0.187. The highest BCUT2D eigenvalue weighted by Crippen LogP contribution is 2.31. The minimum Gasteiger partial charge on any atom is -0.373 e. The largest absolute Gasteiger partial charge is 0.373 e. The van der Waals surface area contributed by atoms with Crippen LogP contribution in [0.1, 0.15) is 33.4 Å². The maximum atomic E-state index is 13.4. The number of fused-ring (bicyclic) bond motifs is 1. The van der Waals surface area contributed by atoms with E-state index in [1.165, 1.54) is 0 Å². The molecule has 2 amide bonds. The van der Waals surface area contributed by atoms with Gasteiger partial charge in [0.25, 0.3) is 5.56 Å². The van der Waals surface area contributed by atoms with Crippen molar-refractivity contribution in [3.8, 4) is 11.1 Å². The Morgan fingerprint density at radius 3 is 2.54 bits per heavy atom. The maximum Gasteiger partial charge on any atom is 0.326 e. The van der Waals surface area contributed by atoms with Crippen LogP contribution in [0.25, 0.3) is 22.0 Å². The topological polar surface area (TPSA) is 114 Å². The van der Waals surface area contributed by atoms with Gasteiger partial charge >= 0.3 is 6.03 Å². The maximum absolute atomic E-state index is 13.4. The molecule has 4 aromatic rings. The first-order chi connectivity index (χ1) is 16.6. The lowest BCUT2D eigenvalue weighted by Crippen LogP contribution is -2.22. The number of nitrogens with one attached hydrogen (secondary N) is 3. The molecule has 0 aliphatic carbocycles. The number of hydrogen-bond donors (Lipinski definition) is 3. The lowest BCUT2D eigenvalue weighted by atomic mass is 9.92. The summed E-state index contributed by atoms with van der Waals surface area (Å²) in [7, 11) is 1.78. The first-order valence-corrected chi connectivity index (χ1v) is 11.5. The number of benzene rings is 1. The van der Waals surface area contributed by atoms with E-state index in [0.29, 0.717) is 34.2 Å². The fourth-order valence-corrected chi connectivity index (χ4v) is 3.91. The fourth-order valence-electron chi connectivity index (χ4n) is 3.69. The Hall–Kier alpha value is -3.85. The Labute approximate surface area is 207 Å². The second kappa shape index (κ2) is 9.42. The molecule has 4 rings (SSSR count). The molecule has 0 fully saturated rings. The van der Waals surface area contributed by atoms with Crippen molar-refractivity contribution in [3.05, 3.63) is 63.7 Å². The van der Waals surface area contributed by atoms with Crippen LogP contribution in [0.3, 0.4) is 0 Å². The van der Waals surface area contributed by atoms with Crippen LogP contribution in [0.2, 0.25) is 5.02 Å². The standard InChI is InChI=1S/C25H27ClN6O3/c1-6-32-19-11-21(27-5)28-13-14(19)9-17(23(32)33)16-10-15(7-8-18(16)26)29-24(34)30-22-12-20(31-35-22)25(2,3)4/h7-13H,6H2,1-5H3,(H,27,28)(H2,29,30,34). The Morgan fingerprint density at radius 1 is 1.11 bits per heavy atom. The van der Waals surface area contributed by atoms with Crippen molar-refractivity contribution in [1.82, 2.24) is 14.7 Å². The summed E-state index contributed by atoms with van der Waals surface area (Å²) in [4.78, 5) is 30.3. The van der Waals surface area contributed by atoms with Gasteiger partial charge in [0.2, 0.25) is 5.88 Å². The van der Waals surface area contributed by atoms with Gasteiger partial charge in [0, 0.05) is 64.6 Å². The molecule has 182 valence electrons. The van der Waals surface area contributed by atoms with Crippen LogP contribution in [-0.2, 0) is 12.0 Å². The zero-order valence-electron chi connectivity index (χ0n) is 20.2. The number of halogens is 1. The van der Waals surface area contributed by atoms with Gasteiger partial charge in [0.15, 0.2) is 0 Å². The molecule has 10 heteroatoms. The number of urea groups is 1. The smallest absolute Gasteiger partial charge is 0.326 e. The highest BCUT2D eigenvalue weighted by molar-refractivity contribution is 6.33. The van der Waals surface area contributed by atoms with E-state index in [1.807, 2.05) is 33.8 Å². The second-order valence-electron chi connectivity index (χ2n) is 9.09. The average molecular weight is 495 g/mol. The first kappa shape index (κ1) is 24.3. The SMILES string of the molecule is CCn1c(=O)c(-c2cc(NC(=O)Nc3cc(C(C)(C)C)no3)ccc2Cl)cc2cnc(NC)cc21. The summed E-state index contributed by atoms with van der Waals surface area (Å²) in [5, 5.41) is 13.6. The number of amides is 2. The van der Waals surface area contributed by atoms with Crippen LogP contribution < -0.4 is 21.5 Å². The molecule has 0 saturated carbocycles. The third-order valence-corrected chi connectivity index (χ3v) is 5.91. The summed E-state index contributed by atoms with van der Waals surface area (Å²) in [6.07, 6.45) is 1.71. The average Bonchev–Trinajstić information content (AvgIpc) is 3.28. The van der Waals surface area contributed by atoms with Crippen molar-refractivity contribution in [2.45, 2.75) is 39.7 Å². The van der Waals surface area contributed by atoms with E-state index in [-0.39, 0.29) is 16.9 Å². The van der Waals surface area contributed by atoms with E-state index in [2.05, 4.69) is 26.1 Å². The van der Waals surface area contributed by atoms with Crippen LogP contribution in [0.15, 0.2) is 51.9 Å². The number of aromatic nitrogens is 3. The molecule has 3 heterocycles. The Balaban J connectivity index is 1.66. The predicted molar refractivity (Wildman–Crippen MR) is 140 cm³/mol. The van der Waals surface area contributed by atoms with Crippen molar-refractivity contribution in [1.29, 1.82) is 0 Å². The molecule has 0 spiro atoms. The van der Waals surface area contributed by atoms with Crippen molar-refractivity contribution in [3.63, 3.8) is 0 Å². The van der Waals surface area contributed by atoms with Gasteiger partial charge in [-0.05, 0) is 31.2 Å². The Kier molecular flexibility index (Phi) is 6.53. The third kappa shape index (κ3) is 5.00. The normalized spacial score (nSPS) is 11.5. The van der Waals surface area contributed by atoms with Crippen LogP contribution >= 0.6 is 11.6 Å². The second-order valence-corrected chi connectivity index (χ2v) is 9.49. The number of rotatable bonds is 5. The van der Waals surface area contributed by atoms with E-state index in [9.17, 15) is 9.59 Å². The third-order valence-electron chi connectivity index (χ3n) is 5.58. The molecule has 0 aliphatic heterocycles. The predicted octanol–water partition coefficient (Wildman–Crippen LogP) is 5.71. The number of pyridine rings is 2. The highest BCUT2D eigenvalue weighted by Gasteiger charge is 2.20. The summed E-state index contributed by atoms with van der Waals surface area (Å²) in [6.45, 7) is 8.38. The lowest BCUT2D eigenvalue weighted by Gasteiger charge is -2.14. The minimum atomic E-state index is -0.511. The summed E-state index contributed by atoms with van der Waals surface area (Å²) < 4.78 is 6.89. The molecule has 1 aromatic carbocycles. The molecular weight excluding hydrogens is 468 g/mol. The number of hydrogen-bond acceptors (Lipinski definition) is 6. The van der Waals surface area contributed by atoms with Crippen molar-refractivity contribution < 1.29 is 9.32 Å². The molecule has 0 unspecified atom stereocenters. The molecule has 0 saturated heterocycles. The first-order valence-electron chi connectivity index (χ1n) is 11.2. The Morgan fingerprint density at radius 2 is 1.89 bits per heavy atom.